The van der Waals surface area contributed by atoms with Crippen molar-refractivity contribution in [2.45, 2.75) is 38.7 Å². The number of hydrogen-bond acceptors (Lipinski definition) is 3. The number of aliphatic imine (C=N–C) groups is 1. The van der Waals surface area contributed by atoms with E-state index in [-0.39, 0.29) is 24.0 Å². The lowest BCUT2D eigenvalue weighted by Gasteiger charge is -2.24. The lowest BCUT2D eigenvalue weighted by molar-refractivity contribution is 0.0906. The fourth-order valence-electron chi connectivity index (χ4n) is 4.10. The Kier molecular flexibility index (Phi) is 11.2. The predicted molar refractivity (Wildman–Crippen MR) is 127 cm³/mol. The quantitative estimate of drug-likeness (QED) is 0.353. The number of likely N-dealkylation sites (tertiary alicyclic amines) is 2. The summed E-state index contributed by atoms with van der Waals surface area (Å²) < 4.78 is 5.94. The summed E-state index contributed by atoms with van der Waals surface area (Å²) in [4.78, 5) is 9.49. The van der Waals surface area contributed by atoms with Crippen molar-refractivity contribution in [1.29, 1.82) is 0 Å². The van der Waals surface area contributed by atoms with Gasteiger partial charge < -0.3 is 19.9 Å². The lowest BCUT2D eigenvalue weighted by atomic mass is 10.1. The van der Waals surface area contributed by atoms with Crippen molar-refractivity contribution in [3.8, 4) is 0 Å². The molecule has 2 aliphatic rings. The van der Waals surface area contributed by atoms with Crippen LogP contribution in [0.4, 0.5) is 0 Å². The summed E-state index contributed by atoms with van der Waals surface area (Å²) in [7, 11) is 1.90. The highest BCUT2D eigenvalue weighted by molar-refractivity contribution is 14.0. The maximum atomic E-state index is 5.94. The first-order valence-corrected chi connectivity index (χ1v) is 10.6. The van der Waals surface area contributed by atoms with E-state index >= 15 is 0 Å². The van der Waals surface area contributed by atoms with Gasteiger partial charge >= 0.3 is 0 Å². The SMILES string of the molecule is CN=C(NCCN1CCCCCC1)N1CCC(COCc2ccccc2)C1.I. The van der Waals surface area contributed by atoms with Crippen molar-refractivity contribution in [2.75, 3.05) is 52.9 Å². The second-order valence-corrected chi connectivity index (χ2v) is 7.83. The number of hydrogen-bond donors (Lipinski definition) is 1. The third-order valence-corrected chi connectivity index (χ3v) is 5.67. The summed E-state index contributed by atoms with van der Waals surface area (Å²) in [6.45, 7) is 8.27. The van der Waals surface area contributed by atoms with Crippen LogP contribution < -0.4 is 5.32 Å². The third kappa shape index (κ3) is 7.87. The molecule has 28 heavy (non-hydrogen) atoms. The van der Waals surface area contributed by atoms with Crippen LogP contribution in [0.5, 0.6) is 0 Å². The molecule has 1 atom stereocenters. The highest BCUT2D eigenvalue weighted by atomic mass is 127. The Balaban J connectivity index is 0.00000280. The number of ether oxygens (including phenoxy) is 1. The van der Waals surface area contributed by atoms with E-state index in [2.05, 4.69) is 44.4 Å². The zero-order valence-corrected chi connectivity index (χ0v) is 19.6. The van der Waals surface area contributed by atoms with E-state index in [0.29, 0.717) is 12.5 Å². The van der Waals surface area contributed by atoms with Crippen LogP contribution in [0.3, 0.4) is 0 Å². The minimum atomic E-state index is 0. The molecule has 5 nitrogen and oxygen atoms in total. The molecule has 0 radical (unpaired) electrons. The maximum absolute atomic E-state index is 5.94. The van der Waals surface area contributed by atoms with Gasteiger partial charge in [0.25, 0.3) is 0 Å². The molecular weight excluding hydrogens is 463 g/mol. The Morgan fingerprint density at radius 3 is 2.57 bits per heavy atom. The second kappa shape index (κ2) is 13.4. The van der Waals surface area contributed by atoms with Gasteiger partial charge in [-0.1, -0.05) is 43.2 Å². The van der Waals surface area contributed by atoms with Gasteiger partial charge in [-0.2, -0.15) is 0 Å². The summed E-state index contributed by atoms with van der Waals surface area (Å²) in [6, 6.07) is 10.4. The van der Waals surface area contributed by atoms with Crippen molar-refractivity contribution < 1.29 is 4.74 Å². The van der Waals surface area contributed by atoms with E-state index in [4.69, 9.17) is 4.74 Å². The van der Waals surface area contributed by atoms with Crippen LogP contribution in [-0.4, -0.2) is 68.7 Å². The molecular formula is C22H37IN4O. The first-order valence-electron chi connectivity index (χ1n) is 10.6. The third-order valence-electron chi connectivity index (χ3n) is 5.67. The average molecular weight is 500 g/mol. The van der Waals surface area contributed by atoms with E-state index in [1.807, 2.05) is 13.1 Å². The van der Waals surface area contributed by atoms with Gasteiger partial charge in [0.2, 0.25) is 0 Å². The highest BCUT2D eigenvalue weighted by Crippen LogP contribution is 2.17. The Morgan fingerprint density at radius 2 is 1.86 bits per heavy atom. The molecule has 0 bridgehead atoms. The molecule has 158 valence electrons. The van der Waals surface area contributed by atoms with Crippen molar-refractivity contribution in [1.82, 2.24) is 15.1 Å². The summed E-state index contributed by atoms with van der Waals surface area (Å²) in [5.74, 6) is 1.65. The Morgan fingerprint density at radius 1 is 1.11 bits per heavy atom. The molecule has 0 saturated carbocycles. The van der Waals surface area contributed by atoms with Crippen molar-refractivity contribution in [3.05, 3.63) is 35.9 Å². The first kappa shape index (κ1) is 23.4. The molecule has 2 saturated heterocycles. The fourth-order valence-corrected chi connectivity index (χ4v) is 4.10. The molecule has 0 spiro atoms. The van der Waals surface area contributed by atoms with Gasteiger partial charge in [-0.25, -0.2) is 0 Å². The number of nitrogens with one attached hydrogen (secondary N) is 1. The fraction of sp³-hybridized carbons (Fsp3) is 0.682. The number of rotatable bonds is 7. The van der Waals surface area contributed by atoms with E-state index < -0.39 is 0 Å². The second-order valence-electron chi connectivity index (χ2n) is 7.83. The Hall–Kier alpha value is -0.860. The number of halogens is 1. The molecule has 6 heteroatoms. The molecule has 1 aromatic rings. The Labute approximate surface area is 187 Å². The molecule has 1 N–H and O–H groups in total. The monoisotopic (exact) mass is 500 g/mol. The highest BCUT2D eigenvalue weighted by Gasteiger charge is 2.25. The summed E-state index contributed by atoms with van der Waals surface area (Å²) >= 11 is 0. The summed E-state index contributed by atoms with van der Waals surface area (Å²) in [6.07, 6.45) is 6.68. The van der Waals surface area contributed by atoms with Crippen molar-refractivity contribution >= 4 is 29.9 Å². The van der Waals surface area contributed by atoms with Gasteiger partial charge in [0.1, 0.15) is 0 Å². The number of nitrogens with zero attached hydrogens (tertiary/aromatic N) is 3. The Bertz CT molecular complexity index is 561. The van der Waals surface area contributed by atoms with E-state index in [1.165, 1.54) is 50.8 Å². The topological polar surface area (TPSA) is 40.1 Å². The number of benzene rings is 1. The van der Waals surface area contributed by atoms with Crippen LogP contribution in [-0.2, 0) is 11.3 Å². The van der Waals surface area contributed by atoms with Crippen molar-refractivity contribution in [3.63, 3.8) is 0 Å². The molecule has 3 rings (SSSR count). The number of guanidine groups is 1. The lowest BCUT2D eigenvalue weighted by Crippen LogP contribution is -2.43. The molecule has 1 unspecified atom stereocenters. The van der Waals surface area contributed by atoms with E-state index in [0.717, 1.165) is 38.7 Å². The first-order chi connectivity index (χ1) is 13.3. The van der Waals surface area contributed by atoms with Crippen LogP contribution in [0, 0.1) is 5.92 Å². The molecule has 1 aromatic carbocycles. The van der Waals surface area contributed by atoms with E-state index in [1.54, 1.807) is 0 Å². The van der Waals surface area contributed by atoms with E-state index in [9.17, 15) is 0 Å². The molecule has 2 fully saturated rings. The molecule has 0 amide bonds. The van der Waals surface area contributed by atoms with Crippen LogP contribution in [0.15, 0.2) is 35.3 Å². The smallest absolute Gasteiger partial charge is 0.193 e. The van der Waals surface area contributed by atoms with Gasteiger partial charge in [0.05, 0.1) is 13.2 Å². The van der Waals surface area contributed by atoms with Gasteiger partial charge in [-0.05, 0) is 37.9 Å². The van der Waals surface area contributed by atoms with Crippen LogP contribution in [0.1, 0.15) is 37.7 Å². The summed E-state index contributed by atoms with van der Waals surface area (Å²) in [5.41, 5.74) is 1.25. The normalized spacial score (nSPS) is 21.2. The minimum Gasteiger partial charge on any atom is -0.376 e. The zero-order chi connectivity index (χ0) is 18.7. The largest absolute Gasteiger partial charge is 0.376 e. The van der Waals surface area contributed by atoms with Crippen LogP contribution >= 0.6 is 24.0 Å². The van der Waals surface area contributed by atoms with Gasteiger partial charge in [0, 0.05) is 39.1 Å². The predicted octanol–water partition coefficient (Wildman–Crippen LogP) is 3.59. The van der Waals surface area contributed by atoms with Crippen molar-refractivity contribution in [2.24, 2.45) is 10.9 Å². The molecule has 2 aliphatic heterocycles. The molecule has 0 aromatic heterocycles. The maximum Gasteiger partial charge on any atom is 0.193 e. The van der Waals surface area contributed by atoms with Crippen LogP contribution in [0.25, 0.3) is 0 Å². The molecule has 2 heterocycles. The summed E-state index contributed by atoms with van der Waals surface area (Å²) in [5, 5.41) is 3.58. The van der Waals surface area contributed by atoms with Crippen LogP contribution in [0.2, 0.25) is 0 Å². The van der Waals surface area contributed by atoms with Gasteiger partial charge in [-0.3, -0.25) is 4.99 Å². The average Bonchev–Trinajstić information content (AvgIpc) is 3.01. The van der Waals surface area contributed by atoms with Gasteiger partial charge in [-0.15, -0.1) is 24.0 Å². The standard InChI is InChI=1S/C22H36N4O.HI/c1-23-22(24-12-16-25-13-7-2-3-8-14-25)26-15-11-21(17-26)19-27-18-20-9-5-4-6-10-20;/h4-6,9-10,21H,2-3,7-8,11-19H2,1H3,(H,23,24);1H. The van der Waals surface area contributed by atoms with Gasteiger partial charge in [0.15, 0.2) is 5.96 Å². The minimum absolute atomic E-state index is 0. The molecule has 0 aliphatic carbocycles. The zero-order valence-electron chi connectivity index (χ0n) is 17.3.